The summed E-state index contributed by atoms with van der Waals surface area (Å²) in [7, 11) is 3.03. The molecule has 0 aliphatic rings. The van der Waals surface area contributed by atoms with Crippen molar-refractivity contribution in [1.29, 1.82) is 0 Å². The number of thiocarbonyl (C=S) groups is 1. The molecule has 5 nitrogen and oxygen atoms in total. The zero-order chi connectivity index (χ0) is 18.9. The van der Waals surface area contributed by atoms with Gasteiger partial charge in [-0.2, -0.15) is 0 Å². The number of hydrogen-bond donors (Lipinski definition) is 2. The van der Waals surface area contributed by atoms with Gasteiger partial charge in [0.1, 0.15) is 5.75 Å². The Morgan fingerprint density at radius 3 is 2.50 bits per heavy atom. The van der Waals surface area contributed by atoms with Gasteiger partial charge in [0.25, 0.3) is 0 Å². The van der Waals surface area contributed by atoms with Crippen LogP contribution in [-0.4, -0.2) is 31.8 Å². The van der Waals surface area contributed by atoms with E-state index in [0.29, 0.717) is 10.7 Å². The maximum atomic E-state index is 11.6. The third-order valence-corrected chi connectivity index (χ3v) is 4.24. The van der Waals surface area contributed by atoms with E-state index >= 15 is 0 Å². The summed E-state index contributed by atoms with van der Waals surface area (Å²) in [5, 5.41) is 6.86. The molecular weight excluding hydrogens is 348 g/mol. The maximum Gasteiger partial charge on any atom is 0.337 e. The van der Waals surface area contributed by atoms with Crippen molar-refractivity contribution in [3.05, 3.63) is 59.2 Å². The highest BCUT2D eigenvalue weighted by Crippen LogP contribution is 2.17. The van der Waals surface area contributed by atoms with Gasteiger partial charge in [0.2, 0.25) is 0 Å². The average Bonchev–Trinajstić information content (AvgIpc) is 2.66. The SMILES string of the molecule is COC(=O)c1ccc(C)c(NC(=S)NCCCc2ccc(OC)cc2)c1. The molecule has 26 heavy (non-hydrogen) atoms. The summed E-state index contributed by atoms with van der Waals surface area (Å²) < 4.78 is 9.91. The fourth-order valence-electron chi connectivity index (χ4n) is 2.45. The normalized spacial score (nSPS) is 10.1. The molecule has 0 saturated heterocycles. The van der Waals surface area contributed by atoms with Crippen LogP contribution >= 0.6 is 12.2 Å². The van der Waals surface area contributed by atoms with Gasteiger partial charge in [-0.3, -0.25) is 0 Å². The molecule has 0 atom stereocenters. The number of methoxy groups -OCH3 is 2. The first kappa shape index (κ1) is 19.7. The molecule has 0 heterocycles. The smallest absolute Gasteiger partial charge is 0.337 e. The minimum Gasteiger partial charge on any atom is -0.497 e. The zero-order valence-electron chi connectivity index (χ0n) is 15.3. The number of benzene rings is 2. The molecule has 2 aromatic carbocycles. The number of rotatable bonds is 7. The van der Waals surface area contributed by atoms with Gasteiger partial charge in [0.05, 0.1) is 19.8 Å². The van der Waals surface area contributed by atoms with Gasteiger partial charge in [-0.25, -0.2) is 4.79 Å². The second-order valence-electron chi connectivity index (χ2n) is 5.85. The lowest BCUT2D eigenvalue weighted by Crippen LogP contribution is -2.29. The molecule has 2 aromatic rings. The fourth-order valence-corrected chi connectivity index (χ4v) is 2.67. The molecule has 0 bridgehead atoms. The molecule has 0 fully saturated rings. The van der Waals surface area contributed by atoms with Gasteiger partial charge < -0.3 is 20.1 Å². The van der Waals surface area contributed by atoms with Crippen molar-refractivity contribution < 1.29 is 14.3 Å². The number of carbonyl (C=O) groups excluding carboxylic acids is 1. The van der Waals surface area contributed by atoms with Crippen molar-refractivity contribution in [3.8, 4) is 5.75 Å². The molecule has 0 aliphatic carbocycles. The van der Waals surface area contributed by atoms with Crippen molar-refractivity contribution in [2.75, 3.05) is 26.1 Å². The first-order valence-electron chi connectivity index (χ1n) is 8.40. The van der Waals surface area contributed by atoms with Crippen LogP contribution in [0.2, 0.25) is 0 Å². The number of nitrogens with one attached hydrogen (secondary N) is 2. The van der Waals surface area contributed by atoms with Crippen molar-refractivity contribution in [2.45, 2.75) is 19.8 Å². The highest BCUT2D eigenvalue weighted by Gasteiger charge is 2.09. The van der Waals surface area contributed by atoms with E-state index in [1.54, 1.807) is 19.2 Å². The number of anilines is 1. The Morgan fingerprint density at radius 1 is 1.12 bits per heavy atom. The van der Waals surface area contributed by atoms with E-state index in [1.807, 2.05) is 25.1 Å². The van der Waals surface area contributed by atoms with Crippen molar-refractivity contribution in [3.63, 3.8) is 0 Å². The van der Waals surface area contributed by atoms with Gasteiger partial charge >= 0.3 is 5.97 Å². The topological polar surface area (TPSA) is 59.6 Å². The van der Waals surface area contributed by atoms with E-state index in [-0.39, 0.29) is 5.97 Å². The van der Waals surface area contributed by atoms with E-state index in [2.05, 4.69) is 22.8 Å². The van der Waals surface area contributed by atoms with Gasteiger partial charge in [-0.1, -0.05) is 18.2 Å². The number of hydrogen-bond acceptors (Lipinski definition) is 4. The monoisotopic (exact) mass is 372 g/mol. The summed E-state index contributed by atoms with van der Waals surface area (Å²) in [5.41, 5.74) is 3.54. The van der Waals surface area contributed by atoms with Crippen LogP contribution in [0.1, 0.15) is 27.9 Å². The van der Waals surface area contributed by atoms with Crippen molar-refractivity contribution >= 4 is 29.0 Å². The standard InChI is InChI=1S/C20H24N2O3S/c1-14-6-9-16(19(23)25-3)13-18(14)22-20(26)21-12-4-5-15-7-10-17(24-2)11-8-15/h6-11,13H,4-5,12H2,1-3H3,(H2,21,22,26). The second kappa shape index (κ2) is 9.77. The Hall–Kier alpha value is -2.60. The van der Waals surface area contributed by atoms with Crippen LogP contribution in [-0.2, 0) is 11.2 Å². The Labute approximate surface area is 159 Å². The summed E-state index contributed by atoms with van der Waals surface area (Å²) >= 11 is 5.34. The average molecular weight is 372 g/mol. The second-order valence-corrected chi connectivity index (χ2v) is 6.26. The molecular formula is C20H24N2O3S. The highest BCUT2D eigenvalue weighted by molar-refractivity contribution is 7.80. The molecule has 0 aliphatic heterocycles. The van der Waals surface area contributed by atoms with Crippen molar-refractivity contribution in [2.24, 2.45) is 0 Å². The van der Waals surface area contributed by atoms with E-state index in [1.165, 1.54) is 12.7 Å². The molecule has 2 N–H and O–H groups in total. The third kappa shape index (κ3) is 5.74. The van der Waals surface area contributed by atoms with Crippen LogP contribution in [0.25, 0.3) is 0 Å². The Bertz CT molecular complexity index is 760. The lowest BCUT2D eigenvalue weighted by molar-refractivity contribution is 0.0601. The summed E-state index contributed by atoms with van der Waals surface area (Å²) in [6.45, 7) is 2.71. The lowest BCUT2D eigenvalue weighted by atomic mass is 10.1. The molecule has 0 saturated carbocycles. The predicted molar refractivity (Wildman–Crippen MR) is 108 cm³/mol. The van der Waals surface area contributed by atoms with Gasteiger partial charge in [0.15, 0.2) is 5.11 Å². The molecule has 0 amide bonds. The van der Waals surface area contributed by atoms with Crippen LogP contribution in [0.3, 0.4) is 0 Å². The van der Waals surface area contributed by atoms with Gasteiger partial charge in [0, 0.05) is 12.2 Å². The maximum absolute atomic E-state index is 11.6. The van der Waals surface area contributed by atoms with Crippen LogP contribution in [0.15, 0.2) is 42.5 Å². The minimum absolute atomic E-state index is 0.369. The van der Waals surface area contributed by atoms with E-state index in [4.69, 9.17) is 21.7 Å². The third-order valence-electron chi connectivity index (χ3n) is 3.99. The summed E-state index contributed by atoms with van der Waals surface area (Å²) in [6.07, 6.45) is 1.91. The molecule has 6 heteroatoms. The number of aryl methyl sites for hydroxylation is 2. The van der Waals surface area contributed by atoms with E-state index in [0.717, 1.165) is 36.4 Å². The highest BCUT2D eigenvalue weighted by atomic mass is 32.1. The Balaban J connectivity index is 1.80. The summed E-state index contributed by atoms with van der Waals surface area (Å²) in [6, 6.07) is 13.4. The Kier molecular flexibility index (Phi) is 7.41. The minimum atomic E-state index is -0.369. The molecule has 0 radical (unpaired) electrons. The summed E-state index contributed by atoms with van der Waals surface area (Å²) in [5.74, 6) is 0.494. The molecule has 0 unspecified atom stereocenters. The lowest BCUT2D eigenvalue weighted by Gasteiger charge is -2.13. The fraction of sp³-hybridized carbons (Fsp3) is 0.300. The molecule has 0 spiro atoms. The number of esters is 1. The first-order valence-corrected chi connectivity index (χ1v) is 8.81. The first-order chi connectivity index (χ1) is 12.5. The number of ether oxygens (including phenoxy) is 2. The zero-order valence-corrected chi connectivity index (χ0v) is 16.1. The van der Waals surface area contributed by atoms with E-state index in [9.17, 15) is 4.79 Å². The van der Waals surface area contributed by atoms with Crippen LogP contribution in [0.5, 0.6) is 5.75 Å². The Morgan fingerprint density at radius 2 is 1.85 bits per heavy atom. The van der Waals surface area contributed by atoms with Crippen molar-refractivity contribution in [1.82, 2.24) is 5.32 Å². The molecule has 138 valence electrons. The van der Waals surface area contributed by atoms with Crippen LogP contribution in [0, 0.1) is 6.92 Å². The molecule has 2 rings (SSSR count). The predicted octanol–water partition coefficient (Wildman–Crippen LogP) is 3.71. The van der Waals surface area contributed by atoms with Gasteiger partial charge in [-0.15, -0.1) is 0 Å². The summed E-state index contributed by atoms with van der Waals surface area (Å²) in [4.78, 5) is 11.6. The van der Waals surface area contributed by atoms with Crippen LogP contribution < -0.4 is 15.4 Å². The molecule has 0 aromatic heterocycles. The van der Waals surface area contributed by atoms with E-state index < -0.39 is 0 Å². The largest absolute Gasteiger partial charge is 0.497 e. The quantitative estimate of drug-likeness (QED) is 0.439. The number of carbonyl (C=O) groups is 1. The van der Waals surface area contributed by atoms with Crippen LogP contribution in [0.4, 0.5) is 5.69 Å². The van der Waals surface area contributed by atoms with Gasteiger partial charge in [-0.05, 0) is 67.4 Å².